The Morgan fingerprint density at radius 2 is 1.65 bits per heavy atom. The zero-order valence-corrected chi connectivity index (χ0v) is 19.8. The predicted octanol–water partition coefficient (Wildman–Crippen LogP) is 2.90. The van der Waals surface area contributed by atoms with Crippen molar-refractivity contribution in [2.24, 2.45) is 10.7 Å². The molecule has 0 aliphatic carbocycles. The lowest BCUT2D eigenvalue weighted by molar-refractivity contribution is -0.119. The summed E-state index contributed by atoms with van der Waals surface area (Å²) in [7, 11) is 0. The van der Waals surface area contributed by atoms with Gasteiger partial charge < -0.3 is 21.1 Å². The summed E-state index contributed by atoms with van der Waals surface area (Å²) < 4.78 is 5.67. The average Bonchev–Trinajstić information content (AvgIpc) is 2.79. The van der Waals surface area contributed by atoms with Crippen LogP contribution in [0.1, 0.15) is 35.2 Å². The molecule has 0 spiro atoms. The number of nitrogens with zero attached hydrogens (tertiary/aromatic N) is 1. The Morgan fingerprint density at radius 3 is 2.35 bits per heavy atom. The van der Waals surface area contributed by atoms with Crippen molar-refractivity contribution in [3.63, 3.8) is 0 Å². The SMILES string of the molecule is NC1=NCc2cc(Cl)c(c(Cl)c2)NC(=O)CNCCCCOc2ccc(cc2)C(=O)CC(=O)N1. The van der Waals surface area contributed by atoms with Crippen LogP contribution < -0.4 is 26.4 Å². The lowest BCUT2D eigenvalue weighted by Crippen LogP contribution is -2.37. The molecular weight excluding hydrogens is 481 g/mol. The van der Waals surface area contributed by atoms with Gasteiger partial charge in [0.2, 0.25) is 11.8 Å². The Labute approximate surface area is 207 Å². The van der Waals surface area contributed by atoms with Crippen molar-refractivity contribution in [2.75, 3.05) is 25.0 Å². The molecule has 2 aromatic carbocycles. The molecule has 2 aromatic rings. The molecule has 34 heavy (non-hydrogen) atoms. The first-order valence-corrected chi connectivity index (χ1v) is 11.4. The molecule has 180 valence electrons. The van der Waals surface area contributed by atoms with Crippen LogP contribution in [0.15, 0.2) is 41.4 Å². The van der Waals surface area contributed by atoms with Crippen LogP contribution in [0.3, 0.4) is 0 Å². The summed E-state index contributed by atoms with van der Waals surface area (Å²) in [4.78, 5) is 40.9. The van der Waals surface area contributed by atoms with Crippen LogP contribution in [0.2, 0.25) is 10.0 Å². The predicted molar refractivity (Wildman–Crippen MR) is 132 cm³/mol. The Balaban J connectivity index is 1.74. The minimum atomic E-state index is -0.580. The summed E-state index contributed by atoms with van der Waals surface area (Å²) in [5.41, 5.74) is 7.09. The quantitative estimate of drug-likeness (QED) is 0.406. The van der Waals surface area contributed by atoms with E-state index in [2.05, 4.69) is 20.9 Å². The highest BCUT2D eigenvalue weighted by Gasteiger charge is 2.14. The van der Waals surface area contributed by atoms with E-state index in [0.717, 1.165) is 12.8 Å². The van der Waals surface area contributed by atoms with Crippen molar-refractivity contribution in [3.8, 4) is 5.75 Å². The van der Waals surface area contributed by atoms with Crippen LogP contribution >= 0.6 is 23.2 Å². The number of aliphatic imine (C=N–C) groups is 1. The lowest BCUT2D eigenvalue weighted by Gasteiger charge is -2.12. The van der Waals surface area contributed by atoms with Gasteiger partial charge in [-0.15, -0.1) is 0 Å². The van der Waals surface area contributed by atoms with Crippen molar-refractivity contribution in [2.45, 2.75) is 25.8 Å². The van der Waals surface area contributed by atoms with Gasteiger partial charge in [-0.05, 0) is 61.3 Å². The second kappa shape index (κ2) is 12.4. The molecule has 4 aliphatic heterocycles. The normalized spacial score (nSPS) is 16.8. The fourth-order valence-electron chi connectivity index (χ4n) is 3.15. The molecule has 0 radical (unpaired) electrons. The van der Waals surface area contributed by atoms with E-state index in [9.17, 15) is 14.4 Å². The number of amides is 2. The highest BCUT2D eigenvalue weighted by Crippen LogP contribution is 2.32. The third-order valence-corrected chi connectivity index (χ3v) is 5.46. The number of carbonyl (C=O) groups is 3. The molecule has 9 nitrogen and oxygen atoms in total. The first-order chi connectivity index (χ1) is 16.3. The maximum Gasteiger partial charge on any atom is 0.238 e. The lowest BCUT2D eigenvalue weighted by atomic mass is 10.1. The van der Waals surface area contributed by atoms with Crippen LogP contribution in [0.4, 0.5) is 5.69 Å². The first kappa shape index (κ1) is 25.5. The van der Waals surface area contributed by atoms with Gasteiger partial charge in [-0.2, -0.15) is 0 Å². The third kappa shape index (κ3) is 7.72. The molecule has 0 unspecified atom stereocenters. The van der Waals surface area contributed by atoms with Crippen LogP contribution in [0.5, 0.6) is 5.75 Å². The molecular formula is C23H25Cl2N5O4. The van der Waals surface area contributed by atoms with Gasteiger partial charge in [-0.3, -0.25) is 19.7 Å². The minimum absolute atomic E-state index is 0.0801. The number of nitrogens with one attached hydrogen (secondary N) is 3. The number of rotatable bonds is 0. The minimum Gasteiger partial charge on any atom is -0.494 e. The third-order valence-electron chi connectivity index (χ3n) is 4.87. The summed E-state index contributed by atoms with van der Waals surface area (Å²) in [5, 5.41) is 8.65. The Morgan fingerprint density at radius 1 is 0.941 bits per heavy atom. The molecule has 11 heteroatoms. The number of anilines is 1. The van der Waals surface area contributed by atoms with Gasteiger partial charge in [0.25, 0.3) is 0 Å². The molecule has 0 saturated carbocycles. The number of guanidine groups is 1. The Kier molecular flexibility index (Phi) is 9.26. The zero-order valence-electron chi connectivity index (χ0n) is 18.3. The van der Waals surface area contributed by atoms with Gasteiger partial charge in [0.05, 0.1) is 41.8 Å². The number of benzene rings is 2. The van der Waals surface area contributed by atoms with E-state index < -0.39 is 5.91 Å². The van der Waals surface area contributed by atoms with E-state index in [1.165, 1.54) is 0 Å². The summed E-state index contributed by atoms with van der Waals surface area (Å²) in [6.07, 6.45) is 1.20. The van der Waals surface area contributed by atoms with Crippen molar-refractivity contribution in [3.05, 3.63) is 57.6 Å². The van der Waals surface area contributed by atoms with Gasteiger partial charge >= 0.3 is 0 Å². The van der Waals surface area contributed by atoms with Gasteiger partial charge in [-0.25, -0.2) is 4.99 Å². The Hall–Kier alpha value is -3.14. The molecule has 4 aliphatic rings. The average molecular weight is 506 g/mol. The number of hydrogen-bond donors (Lipinski definition) is 4. The second-order valence-electron chi connectivity index (χ2n) is 7.59. The second-order valence-corrected chi connectivity index (χ2v) is 8.40. The number of carbonyl (C=O) groups excluding carboxylic acids is 3. The van der Waals surface area contributed by atoms with E-state index in [-0.39, 0.29) is 47.2 Å². The number of hydrogen-bond acceptors (Lipinski definition) is 7. The molecule has 2 amide bonds. The van der Waals surface area contributed by atoms with E-state index in [1.54, 1.807) is 36.4 Å². The first-order valence-electron chi connectivity index (χ1n) is 10.7. The van der Waals surface area contributed by atoms with Crippen LogP contribution in [-0.2, 0) is 16.1 Å². The maximum atomic E-state index is 12.4. The van der Waals surface area contributed by atoms with E-state index >= 15 is 0 Å². The number of ether oxygens (including phenoxy) is 1. The number of nitrogens with two attached hydrogens (primary N) is 1. The number of Topliss-reactive ketones (excluding diaryl/α,β-unsaturated/α-hetero) is 1. The highest BCUT2D eigenvalue weighted by molar-refractivity contribution is 6.39. The summed E-state index contributed by atoms with van der Waals surface area (Å²) in [5.74, 6) is -0.732. The van der Waals surface area contributed by atoms with Crippen LogP contribution in [0.25, 0.3) is 0 Å². The van der Waals surface area contributed by atoms with Crippen molar-refractivity contribution < 1.29 is 19.1 Å². The van der Waals surface area contributed by atoms with Crippen LogP contribution in [-0.4, -0.2) is 43.3 Å². The molecule has 0 aromatic heterocycles. The summed E-state index contributed by atoms with van der Waals surface area (Å²) in [6.45, 7) is 1.30. The molecule has 4 heterocycles. The van der Waals surface area contributed by atoms with E-state index in [0.29, 0.717) is 35.7 Å². The van der Waals surface area contributed by atoms with Gasteiger partial charge in [0, 0.05) is 5.56 Å². The zero-order chi connectivity index (χ0) is 24.5. The van der Waals surface area contributed by atoms with Crippen LogP contribution in [0, 0.1) is 0 Å². The summed E-state index contributed by atoms with van der Waals surface area (Å²) >= 11 is 12.6. The fraction of sp³-hybridized carbons (Fsp3) is 0.304. The molecule has 4 bridgehead atoms. The molecule has 5 N–H and O–H groups in total. The maximum absolute atomic E-state index is 12.4. The monoisotopic (exact) mass is 505 g/mol. The molecule has 0 fully saturated rings. The van der Waals surface area contributed by atoms with E-state index in [4.69, 9.17) is 33.7 Å². The fourth-order valence-corrected chi connectivity index (χ4v) is 3.78. The smallest absolute Gasteiger partial charge is 0.238 e. The van der Waals surface area contributed by atoms with Gasteiger partial charge in [-0.1, -0.05) is 23.2 Å². The molecule has 0 saturated heterocycles. The highest BCUT2D eigenvalue weighted by atomic mass is 35.5. The largest absolute Gasteiger partial charge is 0.494 e. The van der Waals surface area contributed by atoms with E-state index in [1.807, 2.05) is 0 Å². The number of ketones is 1. The Bertz CT molecular complexity index is 1070. The van der Waals surface area contributed by atoms with Crippen molar-refractivity contribution in [1.82, 2.24) is 10.6 Å². The van der Waals surface area contributed by atoms with Gasteiger partial charge in [0.1, 0.15) is 5.75 Å². The topological polar surface area (TPSA) is 135 Å². The van der Waals surface area contributed by atoms with Gasteiger partial charge in [0.15, 0.2) is 11.7 Å². The molecule has 0 atom stereocenters. The standard InChI is InChI=1S/C23H25Cl2N5O4/c24-17-9-14-10-18(25)22(17)29-21(33)13-27-7-1-2-8-34-16-5-3-15(4-6-16)19(31)11-20(32)30-23(26)28-12-14/h3-6,9-10,27H,1-2,7-8,11-13H2,(H,29,33)(H3,26,28,30,32). The number of halogens is 2. The molecule has 6 rings (SSSR count). The van der Waals surface area contributed by atoms with Crippen molar-refractivity contribution >= 4 is 52.4 Å². The summed E-state index contributed by atoms with van der Waals surface area (Å²) in [6, 6.07) is 9.78. The van der Waals surface area contributed by atoms with Crippen molar-refractivity contribution in [1.29, 1.82) is 0 Å².